The monoisotopic (exact) mass is 237 g/mol. The Labute approximate surface area is 97.9 Å². The average molecular weight is 237 g/mol. The van der Waals surface area contributed by atoms with Crippen LogP contribution in [-0.2, 0) is 13.5 Å². The lowest BCUT2D eigenvalue weighted by Crippen LogP contribution is -2.07. The van der Waals surface area contributed by atoms with E-state index >= 15 is 0 Å². The Morgan fingerprint density at radius 2 is 2.06 bits per heavy atom. The van der Waals surface area contributed by atoms with E-state index in [1.165, 1.54) is 6.07 Å². The van der Waals surface area contributed by atoms with Gasteiger partial charge in [0.1, 0.15) is 5.82 Å². The Hall–Kier alpha value is -1.75. The first kappa shape index (κ1) is 11.7. The van der Waals surface area contributed by atoms with Gasteiger partial charge >= 0.3 is 0 Å². The number of halogens is 2. The van der Waals surface area contributed by atoms with Gasteiger partial charge in [0, 0.05) is 30.9 Å². The summed E-state index contributed by atoms with van der Waals surface area (Å²) in [6, 6.07) is 3.75. The predicted octanol–water partition coefficient (Wildman–Crippen LogP) is 1.87. The Kier molecular flexibility index (Phi) is 3.19. The molecule has 0 amide bonds. The number of hydrogen-bond acceptors (Lipinski definition) is 2. The van der Waals surface area contributed by atoms with E-state index in [9.17, 15) is 8.78 Å². The number of nitrogens with two attached hydrogens (primary N) is 1. The van der Waals surface area contributed by atoms with Crippen LogP contribution in [-0.4, -0.2) is 16.1 Å². The fourth-order valence-corrected chi connectivity index (χ4v) is 1.73. The minimum absolute atomic E-state index is 0.525. The molecule has 3 nitrogen and oxygen atoms in total. The van der Waals surface area contributed by atoms with E-state index in [1.807, 2.05) is 11.6 Å². The molecule has 2 aromatic rings. The van der Waals surface area contributed by atoms with Crippen LogP contribution < -0.4 is 5.73 Å². The van der Waals surface area contributed by atoms with E-state index in [2.05, 4.69) is 4.98 Å². The Morgan fingerprint density at radius 3 is 2.71 bits per heavy atom. The maximum Gasteiger partial charge on any atom is 0.159 e. The van der Waals surface area contributed by atoms with Crippen molar-refractivity contribution in [1.82, 2.24) is 9.55 Å². The molecule has 0 unspecified atom stereocenters. The van der Waals surface area contributed by atoms with Crippen molar-refractivity contribution in [2.75, 3.05) is 6.54 Å². The average Bonchev–Trinajstić information content (AvgIpc) is 2.66. The Balaban J connectivity index is 2.42. The molecule has 1 heterocycles. The van der Waals surface area contributed by atoms with Crippen LogP contribution in [0.25, 0.3) is 11.4 Å². The second kappa shape index (κ2) is 4.63. The van der Waals surface area contributed by atoms with E-state index in [1.54, 1.807) is 6.20 Å². The first-order chi connectivity index (χ1) is 8.13. The van der Waals surface area contributed by atoms with Gasteiger partial charge in [-0.2, -0.15) is 0 Å². The molecule has 1 aromatic carbocycles. The number of nitrogens with zero attached hydrogens (tertiary/aromatic N) is 2. The molecule has 0 aliphatic heterocycles. The zero-order valence-corrected chi connectivity index (χ0v) is 9.45. The lowest BCUT2D eigenvalue weighted by Gasteiger charge is -2.05. The van der Waals surface area contributed by atoms with E-state index < -0.39 is 11.6 Å². The molecule has 0 atom stereocenters. The summed E-state index contributed by atoms with van der Waals surface area (Å²) < 4.78 is 27.8. The first-order valence-corrected chi connectivity index (χ1v) is 5.29. The lowest BCUT2D eigenvalue weighted by atomic mass is 10.2. The number of rotatable bonds is 3. The van der Waals surface area contributed by atoms with Gasteiger partial charge in [0.15, 0.2) is 11.6 Å². The summed E-state index contributed by atoms with van der Waals surface area (Å²) in [6.45, 7) is 0.525. The molecular formula is C12H13F2N3. The van der Waals surface area contributed by atoms with Gasteiger partial charge in [-0.3, -0.25) is 0 Å². The molecule has 17 heavy (non-hydrogen) atoms. The van der Waals surface area contributed by atoms with Gasteiger partial charge in [-0.15, -0.1) is 0 Å². The summed E-state index contributed by atoms with van der Waals surface area (Å²) in [4.78, 5) is 4.19. The van der Waals surface area contributed by atoms with Crippen LogP contribution in [0.3, 0.4) is 0 Å². The van der Waals surface area contributed by atoms with E-state index in [0.29, 0.717) is 24.4 Å². The highest BCUT2D eigenvalue weighted by molar-refractivity contribution is 5.56. The molecule has 0 bridgehead atoms. The molecule has 0 aliphatic rings. The molecule has 5 heteroatoms. The SMILES string of the molecule is Cn1c(CCN)cnc1-c1ccc(F)c(F)c1. The van der Waals surface area contributed by atoms with E-state index in [-0.39, 0.29) is 0 Å². The van der Waals surface area contributed by atoms with Crippen LogP contribution in [0.5, 0.6) is 0 Å². The zero-order chi connectivity index (χ0) is 12.4. The summed E-state index contributed by atoms with van der Waals surface area (Å²) >= 11 is 0. The Morgan fingerprint density at radius 1 is 1.29 bits per heavy atom. The predicted molar refractivity (Wildman–Crippen MR) is 61.3 cm³/mol. The minimum atomic E-state index is -0.870. The smallest absolute Gasteiger partial charge is 0.159 e. The molecule has 0 aliphatic carbocycles. The van der Waals surface area contributed by atoms with Gasteiger partial charge < -0.3 is 10.3 Å². The van der Waals surface area contributed by atoms with Gasteiger partial charge in [0.05, 0.1) is 0 Å². The summed E-state index contributed by atoms with van der Waals surface area (Å²) in [7, 11) is 1.83. The van der Waals surface area contributed by atoms with Crippen LogP contribution in [0.1, 0.15) is 5.69 Å². The highest BCUT2D eigenvalue weighted by atomic mass is 19.2. The fourth-order valence-electron chi connectivity index (χ4n) is 1.73. The van der Waals surface area contributed by atoms with Gasteiger partial charge in [0.25, 0.3) is 0 Å². The topological polar surface area (TPSA) is 43.8 Å². The third-order valence-electron chi connectivity index (χ3n) is 2.66. The third kappa shape index (κ3) is 2.19. The van der Waals surface area contributed by atoms with E-state index in [4.69, 9.17) is 5.73 Å². The van der Waals surface area contributed by atoms with Crippen molar-refractivity contribution in [3.8, 4) is 11.4 Å². The van der Waals surface area contributed by atoms with Crippen molar-refractivity contribution >= 4 is 0 Å². The zero-order valence-electron chi connectivity index (χ0n) is 9.45. The lowest BCUT2D eigenvalue weighted by molar-refractivity contribution is 0.509. The normalized spacial score (nSPS) is 10.8. The summed E-state index contributed by atoms with van der Waals surface area (Å²) in [6.07, 6.45) is 2.40. The molecule has 0 radical (unpaired) electrons. The second-order valence-corrected chi connectivity index (χ2v) is 3.80. The number of benzene rings is 1. The third-order valence-corrected chi connectivity index (χ3v) is 2.66. The van der Waals surface area contributed by atoms with Gasteiger partial charge in [-0.1, -0.05) is 0 Å². The van der Waals surface area contributed by atoms with Crippen molar-refractivity contribution < 1.29 is 8.78 Å². The van der Waals surface area contributed by atoms with Crippen molar-refractivity contribution in [1.29, 1.82) is 0 Å². The second-order valence-electron chi connectivity index (χ2n) is 3.80. The maximum absolute atomic E-state index is 13.1. The molecule has 0 fully saturated rings. The molecule has 2 N–H and O–H groups in total. The molecule has 1 aromatic heterocycles. The molecule has 90 valence electrons. The number of imidazole rings is 1. The maximum atomic E-state index is 13.1. The summed E-state index contributed by atoms with van der Waals surface area (Å²) in [5.41, 5.74) is 6.99. The van der Waals surface area contributed by atoms with Gasteiger partial charge in [-0.05, 0) is 24.7 Å². The van der Waals surface area contributed by atoms with Gasteiger partial charge in [-0.25, -0.2) is 13.8 Å². The highest BCUT2D eigenvalue weighted by Crippen LogP contribution is 2.20. The molecule has 0 spiro atoms. The molecule has 0 saturated heterocycles. The molecular weight excluding hydrogens is 224 g/mol. The standard InChI is InChI=1S/C12H13F2N3/c1-17-9(4-5-15)7-16-12(17)8-2-3-10(13)11(14)6-8/h2-3,6-7H,4-5,15H2,1H3. The van der Waals surface area contributed by atoms with Crippen LogP contribution >= 0.6 is 0 Å². The largest absolute Gasteiger partial charge is 0.331 e. The van der Waals surface area contributed by atoms with Crippen molar-refractivity contribution in [2.24, 2.45) is 12.8 Å². The van der Waals surface area contributed by atoms with Crippen LogP contribution in [0.2, 0.25) is 0 Å². The van der Waals surface area contributed by atoms with Crippen LogP contribution in [0, 0.1) is 11.6 Å². The fraction of sp³-hybridized carbons (Fsp3) is 0.250. The Bertz CT molecular complexity index is 535. The summed E-state index contributed by atoms with van der Waals surface area (Å²) in [5.74, 6) is -1.12. The summed E-state index contributed by atoms with van der Waals surface area (Å²) in [5, 5.41) is 0. The van der Waals surface area contributed by atoms with Crippen molar-refractivity contribution in [3.63, 3.8) is 0 Å². The van der Waals surface area contributed by atoms with Crippen molar-refractivity contribution in [3.05, 3.63) is 41.7 Å². The van der Waals surface area contributed by atoms with Crippen molar-refractivity contribution in [2.45, 2.75) is 6.42 Å². The molecule has 2 rings (SSSR count). The first-order valence-electron chi connectivity index (χ1n) is 5.29. The van der Waals surface area contributed by atoms with Gasteiger partial charge in [0.2, 0.25) is 0 Å². The number of aromatic nitrogens is 2. The molecule has 0 saturated carbocycles. The van der Waals surface area contributed by atoms with E-state index in [0.717, 1.165) is 17.8 Å². The van der Waals surface area contributed by atoms with Crippen LogP contribution in [0.15, 0.2) is 24.4 Å². The minimum Gasteiger partial charge on any atom is -0.331 e. The number of hydrogen-bond donors (Lipinski definition) is 1. The van der Waals surface area contributed by atoms with Crippen LogP contribution in [0.4, 0.5) is 8.78 Å². The quantitative estimate of drug-likeness (QED) is 0.885. The highest BCUT2D eigenvalue weighted by Gasteiger charge is 2.10.